The van der Waals surface area contributed by atoms with Crippen molar-refractivity contribution >= 4 is 22.4 Å². The summed E-state index contributed by atoms with van der Waals surface area (Å²) in [6.45, 7) is 6.06. The molecular weight excluding hydrogens is 346 g/mol. The predicted molar refractivity (Wildman–Crippen MR) is 104 cm³/mol. The minimum absolute atomic E-state index is 0.00730. The van der Waals surface area contributed by atoms with E-state index in [1.54, 1.807) is 0 Å². The molecule has 6 nitrogen and oxygen atoms in total. The second-order valence-electron chi connectivity index (χ2n) is 6.35. The third-order valence-electron chi connectivity index (χ3n) is 4.41. The number of carbonyl (C=O) groups excluding carboxylic acids is 1. The van der Waals surface area contributed by atoms with E-state index < -0.39 is 0 Å². The van der Waals surface area contributed by atoms with Gasteiger partial charge in [0, 0.05) is 23.1 Å². The summed E-state index contributed by atoms with van der Waals surface area (Å²) in [6.07, 6.45) is 2.81. The SMILES string of the molecule is Cc1ccccc1-n1ncc([C@@H](C)NC(=O)CCc2csc(N)n2)c1C. The number of aryl methyl sites for hydroxylation is 2. The lowest BCUT2D eigenvalue weighted by molar-refractivity contribution is -0.121. The summed E-state index contributed by atoms with van der Waals surface area (Å²) in [5, 5.41) is 9.99. The zero-order valence-electron chi connectivity index (χ0n) is 15.2. The van der Waals surface area contributed by atoms with Crippen LogP contribution in [0.5, 0.6) is 0 Å². The fourth-order valence-electron chi connectivity index (χ4n) is 2.96. The highest BCUT2D eigenvalue weighted by Gasteiger charge is 2.17. The molecule has 1 aromatic carbocycles. The third kappa shape index (κ3) is 3.94. The van der Waals surface area contributed by atoms with Crippen molar-refractivity contribution in [3.05, 3.63) is 58.4 Å². The number of thiazole rings is 1. The molecule has 0 spiro atoms. The minimum atomic E-state index is -0.110. The summed E-state index contributed by atoms with van der Waals surface area (Å²) < 4.78 is 1.92. The number of hydrogen-bond donors (Lipinski definition) is 2. The van der Waals surface area contributed by atoms with Crippen LogP contribution >= 0.6 is 11.3 Å². The molecule has 136 valence electrons. The molecule has 0 aliphatic rings. The average Bonchev–Trinajstić information content (AvgIpc) is 3.19. The number of para-hydroxylation sites is 1. The Balaban J connectivity index is 1.65. The van der Waals surface area contributed by atoms with Gasteiger partial charge in [-0.05, 0) is 38.8 Å². The van der Waals surface area contributed by atoms with Crippen molar-refractivity contribution in [2.45, 2.75) is 39.7 Å². The first-order chi connectivity index (χ1) is 12.5. The van der Waals surface area contributed by atoms with Crippen molar-refractivity contribution in [1.82, 2.24) is 20.1 Å². The van der Waals surface area contributed by atoms with Crippen LogP contribution in [-0.2, 0) is 11.2 Å². The molecule has 26 heavy (non-hydrogen) atoms. The van der Waals surface area contributed by atoms with Crippen LogP contribution in [-0.4, -0.2) is 20.7 Å². The molecule has 3 aromatic rings. The summed E-state index contributed by atoms with van der Waals surface area (Å²) in [4.78, 5) is 16.4. The van der Waals surface area contributed by atoms with Gasteiger partial charge in [-0.25, -0.2) is 9.67 Å². The Kier molecular flexibility index (Phi) is 5.37. The molecule has 0 unspecified atom stereocenters. The Morgan fingerprint density at radius 2 is 2.12 bits per heavy atom. The number of nitrogens with one attached hydrogen (secondary N) is 1. The third-order valence-corrected chi connectivity index (χ3v) is 5.14. The number of nitrogen functional groups attached to an aromatic ring is 1. The molecule has 0 fully saturated rings. The van der Waals surface area contributed by atoms with Crippen molar-refractivity contribution in [3.8, 4) is 5.69 Å². The van der Waals surface area contributed by atoms with Crippen molar-refractivity contribution < 1.29 is 4.79 Å². The van der Waals surface area contributed by atoms with E-state index in [2.05, 4.69) is 28.4 Å². The number of aromatic nitrogens is 3. The molecule has 2 heterocycles. The number of carbonyl (C=O) groups is 1. The summed E-state index contributed by atoms with van der Waals surface area (Å²) in [5.74, 6) is -0.00730. The maximum absolute atomic E-state index is 12.3. The molecule has 0 aliphatic heterocycles. The molecule has 7 heteroatoms. The fourth-order valence-corrected chi connectivity index (χ4v) is 3.56. The number of amides is 1. The maximum Gasteiger partial charge on any atom is 0.220 e. The molecule has 0 aliphatic carbocycles. The van der Waals surface area contributed by atoms with Crippen LogP contribution in [0, 0.1) is 13.8 Å². The Bertz CT molecular complexity index is 914. The van der Waals surface area contributed by atoms with E-state index in [0.717, 1.165) is 28.2 Å². The summed E-state index contributed by atoms with van der Waals surface area (Å²) in [6, 6.07) is 8.01. The molecule has 0 saturated heterocycles. The molecule has 3 N–H and O–H groups in total. The van der Waals surface area contributed by atoms with Crippen LogP contribution in [0.2, 0.25) is 0 Å². The number of anilines is 1. The highest BCUT2D eigenvalue weighted by molar-refractivity contribution is 7.13. The number of nitrogens with zero attached hydrogens (tertiary/aromatic N) is 3. The van der Waals surface area contributed by atoms with Gasteiger partial charge in [0.2, 0.25) is 5.91 Å². The topological polar surface area (TPSA) is 85.8 Å². The lowest BCUT2D eigenvalue weighted by atomic mass is 10.1. The van der Waals surface area contributed by atoms with Crippen LogP contribution < -0.4 is 11.1 Å². The van der Waals surface area contributed by atoms with Gasteiger partial charge in [-0.15, -0.1) is 11.3 Å². The van der Waals surface area contributed by atoms with Gasteiger partial charge in [0.1, 0.15) is 0 Å². The van der Waals surface area contributed by atoms with E-state index in [-0.39, 0.29) is 11.9 Å². The molecular formula is C19H23N5OS. The van der Waals surface area contributed by atoms with Gasteiger partial charge in [-0.1, -0.05) is 18.2 Å². The Hall–Kier alpha value is -2.67. The van der Waals surface area contributed by atoms with Gasteiger partial charge < -0.3 is 11.1 Å². The molecule has 1 atom stereocenters. The van der Waals surface area contributed by atoms with Gasteiger partial charge in [-0.3, -0.25) is 4.79 Å². The standard InChI is InChI=1S/C19H23N5OS/c1-12-6-4-5-7-17(12)24-14(3)16(10-21-24)13(2)22-18(25)9-8-15-11-26-19(20)23-15/h4-7,10-11,13H,8-9H2,1-3H3,(H2,20,23)(H,22,25)/t13-/m1/s1. The quantitative estimate of drug-likeness (QED) is 0.698. The van der Waals surface area contributed by atoms with Gasteiger partial charge in [0.25, 0.3) is 0 Å². The van der Waals surface area contributed by atoms with Crippen molar-refractivity contribution in [1.29, 1.82) is 0 Å². The largest absolute Gasteiger partial charge is 0.375 e. The normalized spacial score (nSPS) is 12.1. The zero-order valence-corrected chi connectivity index (χ0v) is 16.0. The molecule has 0 radical (unpaired) electrons. The second kappa shape index (κ2) is 7.70. The van der Waals surface area contributed by atoms with Crippen molar-refractivity contribution in [2.24, 2.45) is 0 Å². The van der Waals surface area contributed by atoms with Gasteiger partial charge in [0.15, 0.2) is 5.13 Å². The maximum atomic E-state index is 12.3. The number of benzene rings is 1. The highest BCUT2D eigenvalue weighted by atomic mass is 32.1. The van der Waals surface area contributed by atoms with Gasteiger partial charge in [-0.2, -0.15) is 5.10 Å². The lowest BCUT2D eigenvalue weighted by Crippen LogP contribution is -2.27. The molecule has 3 rings (SSSR count). The van der Waals surface area contributed by atoms with Crippen LogP contribution in [0.4, 0.5) is 5.13 Å². The number of nitrogens with two attached hydrogens (primary N) is 1. The monoisotopic (exact) mass is 369 g/mol. The Morgan fingerprint density at radius 1 is 1.35 bits per heavy atom. The lowest BCUT2D eigenvalue weighted by Gasteiger charge is -2.14. The molecule has 1 amide bonds. The van der Waals surface area contributed by atoms with E-state index in [0.29, 0.717) is 18.0 Å². The average molecular weight is 369 g/mol. The first-order valence-corrected chi connectivity index (χ1v) is 9.43. The molecule has 0 bridgehead atoms. The van der Waals surface area contributed by atoms with E-state index in [4.69, 9.17) is 5.73 Å². The Labute approximate surface area is 157 Å². The van der Waals surface area contributed by atoms with E-state index in [1.807, 2.05) is 48.3 Å². The fraction of sp³-hybridized carbons (Fsp3) is 0.316. The number of hydrogen-bond acceptors (Lipinski definition) is 5. The zero-order chi connectivity index (χ0) is 18.7. The summed E-state index contributed by atoms with van der Waals surface area (Å²) in [5.41, 5.74) is 10.7. The van der Waals surface area contributed by atoms with Crippen molar-refractivity contribution in [2.75, 3.05) is 5.73 Å². The van der Waals surface area contributed by atoms with Crippen LogP contribution in [0.1, 0.15) is 41.9 Å². The number of rotatable bonds is 6. The van der Waals surface area contributed by atoms with E-state index in [9.17, 15) is 4.79 Å². The van der Waals surface area contributed by atoms with Gasteiger partial charge >= 0.3 is 0 Å². The van der Waals surface area contributed by atoms with Crippen LogP contribution in [0.15, 0.2) is 35.8 Å². The Morgan fingerprint density at radius 3 is 2.81 bits per heavy atom. The van der Waals surface area contributed by atoms with E-state index in [1.165, 1.54) is 11.3 Å². The molecule has 2 aromatic heterocycles. The van der Waals surface area contributed by atoms with Crippen molar-refractivity contribution in [3.63, 3.8) is 0 Å². The first kappa shape index (κ1) is 18.1. The predicted octanol–water partition coefficient (Wildman–Crippen LogP) is 3.34. The molecule has 0 saturated carbocycles. The minimum Gasteiger partial charge on any atom is -0.375 e. The highest BCUT2D eigenvalue weighted by Crippen LogP contribution is 2.22. The van der Waals surface area contributed by atoms with E-state index >= 15 is 0 Å². The summed E-state index contributed by atoms with van der Waals surface area (Å²) in [7, 11) is 0. The smallest absolute Gasteiger partial charge is 0.220 e. The van der Waals surface area contributed by atoms with Gasteiger partial charge in [0.05, 0.1) is 23.6 Å². The first-order valence-electron chi connectivity index (χ1n) is 8.55. The summed E-state index contributed by atoms with van der Waals surface area (Å²) >= 11 is 1.39. The van der Waals surface area contributed by atoms with Crippen LogP contribution in [0.3, 0.4) is 0 Å². The van der Waals surface area contributed by atoms with Crippen LogP contribution in [0.25, 0.3) is 5.69 Å². The second-order valence-corrected chi connectivity index (χ2v) is 7.24.